The van der Waals surface area contributed by atoms with Crippen molar-refractivity contribution in [3.63, 3.8) is 0 Å². The number of fused-ring (bicyclic) bond motifs is 3. The second kappa shape index (κ2) is 22.5. The highest BCUT2D eigenvalue weighted by Gasteiger charge is 2.19. The predicted molar refractivity (Wildman–Crippen MR) is 304 cm³/mol. The molecule has 0 bridgehead atoms. The predicted octanol–water partition coefficient (Wildman–Crippen LogP) is 20.2. The van der Waals surface area contributed by atoms with Crippen LogP contribution < -0.4 is 9.80 Å². The largest absolute Gasteiger partial charge is 0.310 e. The Hall–Kier alpha value is -7.62. The lowest BCUT2D eigenvalue weighted by atomic mass is 9.84. The number of nitrogens with zero attached hydrogens (tertiary/aromatic N) is 3. The van der Waals surface area contributed by atoms with E-state index < -0.39 is 0 Å². The van der Waals surface area contributed by atoms with Gasteiger partial charge in [-0.2, -0.15) is 0 Å². The van der Waals surface area contributed by atoms with Crippen LogP contribution in [0.25, 0.3) is 38.6 Å². The van der Waals surface area contributed by atoms with Crippen molar-refractivity contribution in [2.75, 3.05) is 9.80 Å². The van der Waals surface area contributed by atoms with E-state index in [-0.39, 0.29) is 29.7 Å². The molecule has 3 heteroatoms. The molecule has 10 aromatic rings. The molecule has 0 aliphatic heterocycles. The van der Waals surface area contributed by atoms with Crippen LogP contribution in [0.3, 0.4) is 0 Å². The second-order valence-electron chi connectivity index (χ2n) is 17.6. The van der Waals surface area contributed by atoms with Crippen LogP contribution in [0.4, 0.5) is 34.1 Å². The highest BCUT2D eigenvalue weighted by molar-refractivity contribution is 6.09. The molecule has 0 N–H and O–H groups in total. The van der Waals surface area contributed by atoms with Gasteiger partial charge in [-0.1, -0.05) is 171 Å². The summed E-state index contributed by atoms with van der Waals surface area (Å²) < 4.78 is 2.40. The quantitative estimate of drug-likeness (QED) is 0.114. The van der Waals surface area contributed by atoms with Crippen LogP contribution in [-0.4, -0.2) is 4.57 Å². The maximum atomic E-state index is 2.40. The number of hydrogen-bond acceptors (Lipinski definition) is 2. The number of benzene rings is 9. The molecule has 3 nitrogen and oxygen atoms in total. The van der Waals surface area contributed by atoms with Gasteiger partial charge in [-0.05, 0) is 169 Å². The molecule has 2 atom stereocenters. The smallest absolute Gasteiger partial charge is 0.0541 e. The van der Waals surface area contributed by atoms with E-state index in [1.165, 1.54) is 60.9 Å². The van der Waals surface area contributed by atoms with Crippen LogP contribution in [0, 0.1) is 13.8 Å². The normalized spacial score (nSPS) is 11.6. The Bertz CT molecular complexity index is 3130. The van der Waals surface area contributed by atoms with Crippen molar-refractivity contribution < 1.29 is 0 Å². The lowest BCUT2D eigenvalue weighted by molar-refractivity contribution is 0.544. The zero-order valence-electron chi connectivity index (χ0n) is 37.8. The van der Waals surface area contributed by atoms with E-state index in [1.807, 2.05) is 0 Å². The van der Waals surface area contributed by atoms with E-state index in [0.29, 0.717) is 11.8 Å². The van der Waals surface area contributed by atoms with E-state index in [9.17, 15) is 0 Å². The van der Waals surface area contributed by atoms with Crippen molar-refractivity contribution in [1.82, 2.24) is 4.57 Å². The Morgan fingerprint density at radius 1 is 0.391 bits per heavy atom. The molecule has 0 amide bonds. The van der Waals surface area contributed by atoms with Gasteiger partial charge in [-0.15, -0.1) is 0 Å². The van der Waals surface area contributed by atoms with E-state index in [2.05, 4.69) is 267 Å². The van der Waals surface area contributed by atoms with Crippen molar-refractivity contribution in [1.29, 1.82) is 0 Å². The molecule has 0 aliphatic rings. The minimum atomic E-state index is 0. The number of aromatic nitrogens is 1. The van der Waals surface area contributed by atoms with Crippen LogP contribution in [-0.2, 0) is 0 Å². The first-order valence-corrected chi connectivity index (χ1v) is 23.1. The third kappa shape index (κ3) is 10.4. The van der Waals surface area contributed by atoms with E-state index in [0.717, 1.165) is 47.0 Å². The van der Waals surface area contributed by atoms with Gasteiger partial charge < -0.3 is 14.4 Å². The Kier molecular flexibility index (Phi) is 16.5. The van der Waals surface area contributed by atoms with Gasteiger partial charge in [0.25, 0.3) is 0 Å². The van der Waals surface area contributed by atoms with Crippen molar-refractivity contribution in [3.8, 4) is 16.8 Å². The van der Waals surface area contributed by atoms with Gasteiger partial charge in [0.1, 0.15) is 0 Å². The highest BCUT2D eigenvalue weighted by atomic mass is 15.1. The standard InChI is InChI=1S/C62H55N3.4CH4/c1-5-47(43-46(4)48-25-33-56(34-26-48)65-61-23-11-9-21-59(61)60-22-10-12-24-62(60)65)49-27-35-54(36-28-49)64(58-20-14-16-45(3)42-58)55-39-31-51(32-40-55)50-29-37-53(38-30-50)63(52-17-7-6-8-18-52)57-19-13-15-44(2)41-57;;;;/h6-42,46-47H,5,43H2,1-4H3;4*1H4. The summed E-state index contributed by atoms with van der Waals surface area (Å²) in [5, 5.41) is 2.58. The second-order valence-corrected chi connectivity index (χ2v) is 17.6. The topological polar surface area (TPSA) is 11.4 Å². The number of para-hydroxylation sites is 3. The number of aryl methyl sites for hydroxylation is 2. The van der Waals surface area contributed by atoms with E-state index >= 15 is 0 Å². The average molecular weight is 906 g/mol. The molecular formula is C66H71N3. The highest BCUT2D eigenvalue weighted by Crippen LogP contribution is 2.40. The fourth-order valence-corrected chi connectivity index (χ4v) is 9.76. The van der Waals surface area contributed by atoms with Gasteiger partial charge in [0.15, 0.2) is 0 Å². The van der Waals surface area contributed by atoms with Gasteiger partial charge >= 0.3 is 0 Å². The average Bonchev–Trinajstić information content (AvgIpc) is 3.69. The first-order chi connectivity index (χ1) is 31.9. The molecule has 0 saturated carbocycles. The maximum Gasteiger partial charge on any atom is 0.0541 e. The van der Waals surface area contributed by atoms with E-state index in [1.54, 1.807) is 0 Å². The zero-order chi connectivity index (χ0) is 44.3. The monoisotopic (exact) mass is 906 g/mol. The maximum absolute atomic E-state index is 2.40. The van der Waals surface area contributed by atoms with Crippen LogP contribution in [0.5, 0.6) is 0 Å². The Labute approximate surface area is 414 Å². The summed E-state index contributed by atoms with van der Waals surface area (Å²) in [7, 11) is 0. The number of rotatable bonds is 13. The fourth-order valence-electron chi connectivity index (χ4n) is 9.76. The molecule has 9 aromatic carbocycles. The molecule has 1 heterocycles. The summed E-state index contributed by atoms with van der Waals surface area (Å²) >= 11 is 0. The van der Waals surface area contributed by atoms with Crippen molar-refractivity contribution in [2.45, 2.75) is 82.1 Å². The third-order valence-corrected chi connectivity index (χ3v) is 13.2. The Balaban J connectivity index is 0.00000196. The minimum absolute atomic E-state index is 0. The van der Waals surface area contributed by atoms with Crippen molar-refractivity contribution >= 4 is 55.9 Å². The van der Waals surface area contributed by atoms with Crippen LogP contribution in [0.15, 0.2) is 224 Å². The molecule has 0 spiro atoms. The third-order valence-electron chi connectivity index (χ3n) is 13.2. The first kappa shape index (κ1) is 50.8. The van der Waals surface area contributed by atoms with Gasteiger partial charge in [0, 0.05) is 50.6 Å². The number of hydrogen-bond donors (Lipinski definition) is 0. The first-order valence-electron chi connectivity index (χ1n) is 23.1. The Morgan fingerprint density at radius 3 is 1.23 bits per heavy atom. The lowest BCUT2D eigenvalue weighted by Gasteiger charge is -2.27. The molecule has 2 unspecified atom stereocenters. The molecule has 0 aliphatic carbocycles. The summed E-state index contributed by atoms with van der Waals surface area (Å²) in [6, 6.07) is 82.1. The SMILES string of the molecule is C.C.C.C.CCC(CC(C)c1ccc(-n2c3ccccc3c3ccccc32)cc1)c1ccc(N(c2ccc(-c3ccc(N(c4ccccc4)c4cccc(C)c4)cc3)cc2)c2cccc(C)c2)cc1. The van der Waals surface area contributed by atoms with Crippen molar-refractivity contribution in [3.05, 3.63) is 247 Å². The minimum Gasteiger partial charge on any atom is -0.310 e. The summed E-state index contributed by atoms with van der Waals surface area (Å²) in [6.07, 6.45) is 2.17. The molecular weight excluding hydrogens is 835 g/mol. The lowest BCUT2D eigenvalue weighted by Crippen LogP contribution is -2.11. The van der Waals surface area contributed by atoms with Gasteiger partial charge in [-0.25, -0.2) is 0 Å². The summed E-state index contributed by atoms with van der Waals surface area (Å²) in [5.41, 5.74) is 18.1. The molecule has 1 aromatic heterocycles. The summed E-state index contributed by atoms with van der Waals surface area (Å²) in [6.45, 7) is 9.02. The zero-order valence-corrected chi connectivity index (χ0v) is 37.8. The van der Waals surface area contributed by atoms with E-state index in [4.69, 9.17) is 0 Å². The van der Waals surface area contributed by atoms with Crippen LogP contribution in [0.1, 0.15) is 90.5 Å². The van der Waals surface area contributed by atoms with Crippen LogP contribution in [0.2, 0.25) is 0 Å². The summed E-state index contributed by atoms with van der Waals surface area (Å²) in [5.74, 6) is 0.868. The molecule has 350 valence electrons. The fraction of sp³-hybridized carbons (Fsp3) is 0.182. The molecule has 10 rings (SSSR count). The van der Waals surface area contributed by atoms with Gasteiger partial charge in [-0.3, -0.25) is 0 Å². The molecule has 69 heavy (non-hydrogen) atoms. The summed E-state index contributed by atoms with van der Waals surface area (Å²) in [4.78, 5) is 4.70. The van der Waals surface area contributed by atoms with Crippen molar-refractivity contribution in [2.24, 2.45) is 0 Å². The molecule has 0 fully saturated rings. The van der Waals surface area contributed by atoms with Gasteiger partial charge in [0.2, 0.25) is 0 Å². The van der Waals surface area contributed by atoms with Crippen LogP contribution >= 0.6 is 0 Å². The molecule has 0 radical (unpaired) electrons. The molecule has 0 saturated heterocycles. The number of anilines is 6. The van der Waals surface area contributed by atoms with Gasteiger partial charge in [0.05, 0.1) is 11.0 Å². The Morgan fingerprint density at radius 2 is 0.783 bits per heavy atom.